The molecule has 8 heteroatoms. The number of carbonyl (C=O) groups excluding carboxylic acids is 1. The van der Waals surface area contributed by atoms with Crippen LogP contribution in [-0.4, -0.2) is 28.3 Å². The number of phenols is 2. The van der Waals surface area contributed by atoms with E-state index in [0.717, 1.165) is 5.46 Å². The largest absolute Gasteiger partial charge is 0.504 e. The highest BCUT2D eigenvalue weighted by Crippen LogP contribution is 2.34. The number of aromatic nitrogens is 1. The first-order chi connectivity index (χ1) is 13.4. The van der Waals surface area contributed by atoms with Gasteiger partial charge in [0.05, 0.1) is 10.0 Å². The highest BCUT2D eigenvalue weighted by atomic mass is 35.5. The van der Waals surface area contributed by atoms with Crippen LogP contribution in [0.3, 0.4) is 0 Å². The lowest BCUT2D eigenvalue weighted by Crippen LogP contribution is -2.26. The average molecular weight is 416 g/mol. The lowest BCUT2D eigenvalue weighted by atomic mass is 9.70. The second-order valence-electron chi connectivity index (χ2n) is 6.17. The van der Waals surface area contributed by atoms with Gasteiger partial charge in [-0.1, -0.05) is 65.1 Å². The molecule has 1 aromatic heterocycles. The lowest BCUT2D eigenvalue weighted by molar-refractivity contribution is 0.121. The number of aromatic hydroxyl groups is 2. The maximum absolute atomic E-state index is 12.5. The molecule has 0 amide bonds. The van der Waals surface area contributed by atoms with E-state index in [1.165, 1.54) is 24.5 Å². The summed E-state index contributed by atoms with van der Waals surface area (Å²) in [5.74, 6) is -1.02. The van der Waals surface area contributed by atoms with Gasteiger partial charge < -0.3 is 14.9 Å². The van der Waals surface area contributed by atoms with Gasteiger partial charge in [0.25, 0.3) is 13.1 Å². The fraction of sp³-hybridized carbons (Fsp3) is 0.100. The van der Waals surface area contributed by atoms with Gasteiger partial charge >= 0.3 is 0 Å². The Kier molecular flexibility index (Phi) is 6.44. The molecule has 0 aliphatic rings. The Hall–Kier alpha value is -2.70. The first-order valence-corrected chi connectivity index (χ1v) is 9.23. The molecule has 142 valence electrons. The zero-order chi connectivity index (χ0) is 20.1. The van der Waals surface area contributed by atoms with Crippen LogP contribution >= 0.6 is 23.2 Å². The van der Waals surface area contributed by atoms with Crippen LogP contribution in [0, 0.1) is 0 Å². The van der Waals surface area contributed by atoms with E-state index in [1.54, 1.807) is 6.07 Å². The number of nitrogens with zero attached hydrogens (tertiary/aromatic N) is 1. The van der Waals surface area contributed by atoms with E-state index < -0.39 is 12.0 Å². The van der Waals surface area contributed by atoms with Gasteiger partial charge in [-0.05, 0) is 23.3 Å². The van der Waals surface area contributed by atoms with Crippen molar-refractivity contribution in [2.75, 3.05) is 0 Å². The number of benzene rings is 2. The molecule has 2 N–H and O–H groups in total. The van der Waals surface area contributed by atoms with Crippen LogP contribution in [0.25, 0.3) is 0 Å². The summed E-state index contributed by atoms with van der Waals surface area (Å²) in [4.78, 5) is 16.4. The number of pyridine rings is 1. The minimum Gasteiger partial charge on any atom is -0.504 e. The number of rotatable bonds is 6. The number of hydrogen-bond donors (Lipinski definition) is 2. The molecule has 0 spiro atoms. The molecule has 28 heavy (non-hydrogen) atoms. The zero-order valence-corrected chi connectivity index (χ0v) is 16.2. The molecule has 0 aliphatic carbocycles. The quantitative estimate of drug-likeness (QED) is 0.470. The predicted molar refractivity (Wildman–Crippen MR) is 110 cm³/mol. The van der Waals surface area contributed by atoms with Crippen molar-refractivity contribution in [3.05, 3.63) is 82.1 Å². The van der Waals surface area contributed by atoms with Crippen molar-refractivity contribution in [3.8, 4) is 11.5 Å². The second-order valence-corrected chi connectivity index (χ2v) is 6.99. The van der Waals surface area contributed by atoms with E-state index in [0.29, 0.717) is 21.2 Å². The van der Waals surface area contributed by atoms with Gasteiger partial charge in [0.2, 0.25) is 0 Å². The highest BCUT2D eigenvalue weighted by molar-refractivity contribution is 6.82. The van der Waals surface area contributed by atoms with Crippen LogP contribution < -0.4 is 5.46 Å². The summed E-state index contributed by atoms with van der Waals surface area (Å²) >= 11 is 12.4. The van der Waals surface area contributed by atoms with Crippen LogP contribution in [0.4, 0.5) is 4.79 Å². The van der Waals surface area contributed by atoms with Crippen LogP contribution in [-0.2, 0) is 11.2 Å². The minimum absolute atomic E-state index is 0.0964. The Morgan fingerprint density at radius 1 is 1.04 bits per heavy atom. The summed E-state index contributed by atoms with van der Waals surface area (Å²) in [6.07, 6.45) is 2.34. The maximum Gasteiger partial charge on any atom is 0.293 e. The Labute approximate surface area is 172 Å². The number of ether oxygens (including phenoxy) is 1. The Morgan fingerprint density at radius 2 is 1.71 bits per heavy atom. The Bertz CT molecular complexity index is 965. The fourth-order valence-corrected chi connectivity index (χ4v) is 3.27. The van der Waals surface area contributed by atoms with Gasteiger partial charge in [-0.3, -0.25) is 9.78 Å². The standard InChI is InChI=1S/C20H16BCl2NO4/c22-15-10-24-11-16(23)14(15)9-19(12-6-7-17(25)18(26)8-12)28-20(27)21-13-4-2-1-3-5-13/h1-8,10-11,19,21,25-26H,9H2/t19-/m1/s1. The third-order valence-corrected chi connectivity index (χ3v) is 4.83. The Morgan fingerprint density at radius 3 is 2.36 bits per heavy atom. The van der Waals surface area contributed by atoms with Crippen molar-refractivity contribution in [1.82, 2.24) is 4.98 Å². The Balaban J connectivity index is 1.87. The third kappa shape index (κ3) is 4.97. The molecule has 0 saturated heterocycles. The number of halogens is 2. The maximum atomic E-state index is 12.5. The third-order valence-electron chi connectivity index (χ3n) is 4.18. The highest BCUT2D eigenvalue weighted by Gasteiger charge is 2.22. The van der Waals surface area contributed by atoms with E-state index in [4.69, 9.17) is 27.9 Å². The molecule has 3 rings (SSSR count). The number of carbonyl (C=O) groups is 1. The number of hydrogen-bond acceptors (Lipinski definition) is 5. The fourth-order valence-electron chi connectivity index (χ4n) is 2.75. The molecule has 5 nitrogen and oxygen atoms in total. The molecule has 0 fully saturated rings. The SMILES string of the molecule is O=C(Bc1ccccc1)O[C@H](Cc1c(Cl)cncc1Cl)c1ccc(O)c(O)c1. The average Bonchev–Trinajstić information content (AvgIpc) is 2.67. The molecular weight excluding hydrogens is 400 g/mol. The van der Waals surface area contributed by atoms with Gasteiger partial charge in [0.1, 0.15) is 6.10 Å². The molecular formula is C20H16BCl2NO4. The van der Waals surface area contributed by atoms with Gasteiger partial charge in [-0.2, -0.15) is 0 Å². The van der Waals surface area contributed by atoms with Crippen LogP contribution in [0.2, 0.25) is 10.0 Å². The van der Waals surface area contributed by atoms with Gasteiger partial charge in [-0.25, -0.2) is 0 Å². The first kappa shape index (κ1) is 20.0. The molecule has 1 heterocycles. The summed E-state index contributed by atoms with van der Waals surface area (Å²) in [6, 6.07) is 13.5. The molecule has 1 atom stereocenters. The van der Waals surface area contributed by atoms with Crippen molar-refractivity contribution in [1.29, 1.82) is 0 Å². The van der Waals surface area contributed by atoms with Crippen LogP contribution in [0.1, 0.15) is 17.2 Å². The van der Waals surface area contributed by atoms with Crippen LogP contribution in [0.5, 0.6) is 11.5 Å². The summed E-state index contributed by atoms with van der Waals surface area (Å²) in [5, 5.41) is 20.1. The van der Waals surface area contributed by atoms with E-state index in [2.05, 4.69) is 4.98 Å². The van der Waals surface area contributed by atoms with Crippen LogP contribution in [0.15, 0.2) is 60.9 Å². The van der Waals surface area contributed by atoms with E-state index in [1.807, 2.05) is 30.3 Å². The molecule has 0 bridgehead atoms. The van der Waals surface area contributed by atoms with Gasteiger partial charge in [-0.15, -0.1) is 0 Å². The van der Waals surface area contributed by atoms with Crippen molar-refractivity contribution in [3.63, 3.8) is 0 Å². The van der Waals surface area contributed by atoms with Gasteiger partial charge in [0, 0.05) is 18.8 Å². The summed E-state index contributed by atoms with van der Waals surface area (Å²) in [7, 11) is 0.0964. The number of phenolic OH excluding ortho intramolecular Hbond substituents is 2. The zero-order valence-electron chi connectivity index (χ0n) is 14.7. The summed E-state index contributed by atoms with van der Waals surface area (Å²) in [5.41, 5.74) is 1.89. The van der Waals surface area contributed by atoms with E-state index in [-0.39, 0.29) is 25.2 Å². The van der Waals surface area contributed by atoms with E-state index in [9.17, 15) is 15.0 Å². The summed E-state index contributed by atoms with van der Waals surface area (Å²) < 4.78 is 5.68. The van der Waals surface area contributed by atoms with Crippen molar-refractivity contribution < 1.29 is 19.7 Å². The molecule has 3 aromatic rings. The van der Waals surface area contributed by atoms with E-state index >= 15 is 0 Å². The minimum atomic E-state index is -0.764. The van der Waals surface area contributed by atoms with Gasteiger partial charge in [0.15, 0.2) is 11.5 Å². The van der Waals surface area contributed by atoms with Crippen molar-refractivity contribution >= 4 is 41.8 Å². The van der Waals surface area contributed by atoms with Crippen molar-refractivity contribution in [2.24, 2.45) is 0 Å². The lowest BCUT2D eigenvalue weighted by Gasteiger charge is -2.20. The summed E-state index contributed by atoms with van der Waals surface area (Å²) in [6.45, 7) is 0. The predicted octanol–water partition coefficient (Wildman–Crippen LogP) is 3.98. The molecule has 0 radical (unpaired) electrons. The van der Waals surface area contributed by atoms with Crippen molar-refractivity contribution in [2.45, 2.75) is 12.5 Å². The first-order valence-electron chi connectivity index (χ1n) is 8.47. The molecule has 2 aromatic carbocycles. The normalized spacial score (nSPS) is 11.6. The monoisotopic (exact) mass is 415 g/mol. The molecule has 0 unspecified atom stereocenters. The molecule has 0 aliphatic heterocycles. The second kappa shape index (κ2) is 9.00. The molecule has 0 saturated carbocycles. The topological polar surface area (TPSA) is 79.7 Å². The smallest absolute Gasteiger partial charge is 0.293 e.